The Balaban J connectivity index is 0.00000392. The van der Waals surface area contributed by atoms with Gasteiger partial charge in [0.1, 0.15) is 5.75 Å². The maximum atomic E-state index is 10.7. The van der Waals surface area contributed by atoms with Crippen LogP contribution in [0.25, 0.3) is 0 Å². The fourth-order valence-electron chi connectivity index (χ4n) is 2.71. The Bertz CT molecular complexity index is 763. The number of hydrogen-bond donors (Lipinski definition) is 3. The summed E-state index contributed by atoms with van der Waals surface area (Å²) in [4.78, 5) is 15.0. The van der Waals surface area contributed by atoms with Crippen molar-refractivity contribution < 1.29 is 9.53 Å². The van der Waals surface area contributed by atoms with Crippen LogP contribution in [-0.2, 0) is 24.2 Å². The molecule has 0 aromatic heterocycles. The Morgan fingerprint density at radius 1 is 1.07 bits per heavy atom. The SMILES string of the molecule is CCc1ccccc1CNC(=NC)NCCc1ccc(OCC(N)=O)cc1.I. The molecular weight excluding hydrogens is 467 g/mol. The predicted octanol–water partition coefficient (Wildman–Crippen LogP) is 2.64. The van der Waals surface area contributed by atoms with Crippen molar-refractivity contribution in [2.75, 3.05) is 20.2 Å². The van der Waals surface area contributed by atoms with E-state index in [0.717, 1.165) is 31.9 Å². The summed E-state index contributed by atoms with van der Waals surface area (Å²) in [6, 6.07) is 16.1. The Kier molecular flexibility index (Phi) is 11.0. The first-order valence-corrected chi connectivity index (χ1v) is 9.13. The molecule has 0 aliphatic heterocycles. The number of nitrogens with two attached hydrogens (primary N) is 1. The van der Waals surface area contributed by atoms with Gasteiger partial charge in [-0.15, -0.1) is 24.0 Å². The van der Waals surface area contributed by atoms with Crippen molar-refractivity contribution in [3.05, 3.63) is 65.2 Å². The molecule has 0 aliphatic rings. The van der Waals surface area contributed by atoms with Gasteiger partial charge in [0.2, 0.25) is 0 Å². The average Bonchev–Trinajstić information content (AvgIpc) is 2.70. The van der Waals surface area contributed by atoms with E-state index in [1.165, 1.54) is 16.7 Å². The lowest BCUT2D eigenvalue weighted by molar-refractivity contribution is -0.119. The number of carbonyl (C=O) groups is 1. The highest BCUT2D eigenvalue weighted by atomic mass is 127. The van der Waals surface area contributed by atoms with Crippen molar-refractivity contribution in [3.8, 4) is 5.75 Å². The van der Waals surface area contributed by atoms with E-state index in [2.05, 4.69) is 46.8 Å². The highest BCUT2D eigenvalue weighted by Gasteiger charge is 2.03. The highest BCUT2D eigenvalue weighted by molar-refractivity contribution is 14.0. The first kappa shape index (κ1) is 23.7. The summed E-state index contributed by atoms with van der Waals surface area (Å²) in [6.07, 6.45) is 1.87. The van der Waals surface area contributed by atoms with E-state index in [0.29, 0.717) is 5.75 Å². The summed E-state index contributed by atoms with van der Waals surface area (Å²) in [5.41, 5.74) is 8.87. The number of amides is 1. The third-order valence-corrected chi connectivity index (χ3v) is 4.18. The second-order valence-electron chi connectivity index (χ2n) is 6.12. The maximum absolute atomic E-state index is 10.7. The lowest BCUT2D eigenvalue weighted by Gasteiger charge is -2.14. The van der Waals surface area contributed by atoms with Crippen LogP contribution in [0.2, 0.25) is 0 Å². The van der Waals surface area contributed by atoms with Gasteiger partial charge in [-0.1, -0.05) is 43.3 Å². The van der Waals surface area contributed by atoms with E-state index in [-0.39, 0.29) is 30.6 Å². The molecule has 0 unspecified atom stereocenters. The smallest absolute Gasteiger partial charge is 0.255 e. The van der Waals surface area contributed by atoms with E-state index in [9.17, 15) is 4.79 Å². The van der Waals surface area contributed by atoms with Gasteiger partial charge >= 0.3 is 0 Å². The number of rotatable bonds is 9. The maximum Gasteiger partial charge on any atom is 0.255 e. The van der Waals surface area contributed by atoms with Crippen LogP contribution >= 0.6 is 24.0 Å². The summed E-state index contributed by atoms with van der Waals surface area (Å²) in [6.45, 7) is 3.56. The zero-order chi connectivity index (χ0) is 19.5. The molecule has 1 amide bonds. The van der Waals surface area contributed by atoms with E-state index >= 15 is 0 Å². The third kappa shape index (κ3) is 8.16. The van der Waals surface area contributed by atoms with Crippen molar-refractivity contribution in [1.82, 2.24) is 10.6 Å². The molecule has 0 aliphatic carbocycles. The molecule has 2 aromatic rings. The summed E-state index contributed by atoms with van der Waals surface area (Å²) < 4.78 is 5.26. The molecule has 0 heterocycles. The first-order chi connectivity index (χ1) is 13.1. The minimum absolute atomic E-state index is 0. The van der Waals surface area contributed by atoms with Gasteiger partial charge in [0.15, 0.2) is 12.6 Å². The lowest BCUT2D eigenvalue weighted by Crippen LogP contribution is -2.38. The van der Waals surface area contributed by atoms with Gasteiger partial charge in [-0.3, -0.25) is 9.79 Å². The molecule has 0 saturated carbocycles. The molecule has 6 nitrogen and oxygen atoms in total. The number of halogens is 1. The van der Waals surface area contributed by atoms with Crippen molar-refractivity contribution in [2.24, 2.45) is 10.7 Å². The number of nitrogens with one attached hydrogen (secondary N) is 2. The monoisotopic (exact) mass is 496 g/mol. The van der Waals surface area contributed by atoms with Crippen LogP contribution < -0.4 is 21.1 Å². The quantitative estimate of drug-likeness (QED) is 0.283. The van der Waals surface area contributed by atoms with Gasteiger partial charge < -0.3 is 21.1 Å². The summed E-state index contributed by atoms with van der Waals surface area (Å²) >= 11 is 0. The number of benzene rings is 2. The summed E-state index contributed by atoms with van der Waals surface area (Å²) in [5.74, 6) is 0.934. The standard InChI is InChI=1S/C21H28N4O2.HI/c1-3-17-6-4-5-7-18(17)14-25-21(23-2)24-13-12-16-8-10-19(11-9-16)27-15-20(22)26;/h4-11H,3,12-15H2,1-2H3,(H2,22,26)(H2,23,24,25);1H. The predicted molar refractivity (Wildman–Crippen MR) is 124 cm³/mol. The zero-order valence-corrected chi connectivity index (χ0v) is 18.7. The highest BCUT2D eigenvalue weighted by Crippen LogP contribution is 2.12. The van der Waals surface area contributed by atoms with Crippen molar-refractivity contribution >= 4 is 35.8 Å². The van der Waals surface area contributed by atoms with Crippen LogP contribution in [0.15, 0.2) is 53.5 Å². The Morgan fingerprint density at radius 3 is 2.36 bits per heavy atom. The number of aryl methyl sites for hydroxylation is 1. The molecule has 2 rings (SSSR count). The van der Waals surface area contributed by atoms with E-state index in [1.807, 2.05) is 24.3 Å². The molecule has 0 spiro atoms. The molecule has 152 valence electrons. The van der Waals surface area contributed by atoms with E-state index < -0.39 is 5.91 Å². The fourth-order valence-corrected chi connectivity index (χ4v) is 2.71. The topological polar surface area (TPSA) is 88.7 Å². The molecule has 4 N–H and O–H groups in total. The van der Waals surface area contributed by atoms with Crippen LogP contribution in [0.4, 0.5) is 0 Å². The number of nitrogens with zero attached hydrogens (tertiary/aromatic N) is 1. The van der Waals surface area contributed by atoms with Crippen molar-refractivity contribution in [1.29, 1.82) is 0 Å². The number of hydrogen-bond acceptors (Lipinski definition) is 3. The Labute approximate surface area is 184 Å². The fraction of sp³-hybridized carbons (Fsp3) is 0.333. The lowest BCUT2D eigenvalue weighted by atomic mass is 10.1. The number of ether oxygens (including phenoxy) is 1. The molecule has 0 saturated heterocycles. The summed E-state index contributed by atoms with van der Waals surface area (Å²) in [7, 11) is 1.77. The zero-order valence-electron chi connectivity index (χ0n) is 16.4. The van der Waals surface area contributed by atoms with Crippen LogP contribution in [0, 0.1) is 0 Å². The third-order valence-electron chi connectivity index (χ3n) is 4.18. The molecule has 7 heteroatoms. The van der Waals surface area contributed by atoms with Crippen LogP contribution in [-0.4, -0.2) is 32.1 Å². The van der Waals surface area contributed by atoms with Gasteiger partial charge in [0, 0.05) is 20.1 Å². The van der Waals surface area contributed by atoms with Gasteiger partial charge in [-0.2, -0.15) is 0 Å². The first-order valence-electron chi connectivity index (χ1n) is 9.13. The Morgan fingerprint density at radius 2 is 1.75 bits per heavy atom. The number of carbonyl (C=O) groups excluding carboxylic acids is 1. The van der Waals surface area contributed by atoms with Gasteiger partial charge in [0.05, 0.1) is 0 Å². The minimum Gasteiger partial charge on any atom is -0.484 e. The van der Waals surface area contributed by atoms with Crippen LogP contribution in [0.1, 0.15) is 23.6 Å². The van der Waals surface area contributed by atoms with Gasteiger partial charge in [0.25, 0.3) is 5.91 Å². The molecule has 2 aromatic carbocycles. The van der Waals surface area contributed by atoms with E-state index in [1.54, 1.807) is 7.05 Å². The second kappa shape index (κ2) is 13.0. The molecular formula is C21H29IN4O2. The van der Waals surface area contributed by atoms with Crippen LogP contribution in [0.5, 0.6) is 5.75 Å². The van der Waals surface area contributed by atoms with Crippen molar-refractivity contribution in [3.63, 3.8) is 0 Å². The molecule has 0 fully saturated rings. The normalized spacial score (nSPS) is 10.7. The number of aliphatic imine (C=N–C) groups is 1. The second-order valence-corrected chi connectivity index (χ2v) is 6.12. The van der Waals surface area contributed by atoms with Gasteiger partial charge in [-0.25, -0.2) is 0 Å². The number of primary amides is 1. The molecule has 0 bridgehead atoms. The molecule has 28 heavy (non-hydrogen) atoms. The number of guanidine groups is 1. The molecule has 0 atom stereocenters. The van der Waals surface area contributed by atoms with Crippen LogP contribution in [0.3, 0.4) is 0 Å². The molecule has 0 radical (unpaired) electrons. The summed E-state index contributed by atoms with van der Waals surface area (Å²) in [5, 5.41) is 6.69. The largest absolute Gasteiger partial charge is 0.484 e. The van der Waals surface area contributed by atoms with E-state index in [4.69, 9.17) is 10.5 Å². The van der Waals surface area contributed by atoms with Gasteiger partial charge in [-0.05, 0) is 41.7 Å². The average molecular weight is 496 g/mol. The minimum atomic E-state index is -0.483. The Hall–Kier alpha value is -2.29. The van der Waals surface area contributed by atoms with Crippen molar-refractivity contribution in [2.45, 2.75) is 26.3 Å².